The van der Waals surface area contributed by atoms with Crippen LogP contribution >= 0.6 is 0 Å². The first-order chi connectivity index (χ1) is 8.42. The van der Waals surface area contributed by atoms with E-state index in [1.54, 1.807) is 0 Å². The second kappa shape index (κ2) is 6.52. The van der Waals surface area contributed by atoms with Crippen molar-refractivity contribution in [3.8, 4) is 0 Å². The van der Waals surface area contributed by atoms with Crippen LogP contribution in [-0.2, 0) is 4.74 Å². The summed E-state index contributed by atoms with van der Waals surface area (Å²) in [4.78, 5) is 4.21. The van der Waals surface area contributed by atoms with Crippen LogP contribution in [0.2, 0.25) is 0 Å². The van der Waals surface area contributed by atoms with Gasteiger partial charge in [-0.2, -0.15) is 0 Å². The average molecular weight is 232 g/mol. The lowest BCUT2D eigenvalue weighted by atomic mass is 9.88. The number of ether oxygens (including phenoxy) is 1. The van der Waals surface area contributed by atoms with E-state index in [0.29, 0.717) is 12.0 Å². The Morgan fingerprint density at radius 1 is 1.53 bits per heavy atom. The van der Waals surface area contributed by atoms with E-state index in [4.69, 9.17) is 4.74 Å². The Hall–Kier alpha value is -1.19. The van der Waals surface area contributed by atoms with Gasteiger partial charge in [-0.3, -0.25) is 4.98 Å². The van der Waals surface area contributed by atoms with Crippen molar-refractivity contribution >= 4 is 0 Å². The second-order valence-electron chi connectivity index (χ2n) is 4.41. The van der Waals surface area contributed by atoms with Crippen LogP contribution in [0.1, 0.15) is 24.4 Å². The third kappa shape index (κ3) is 3.38. The van der Waals surface area contributed by atoms with Crippen molar-refractivity contribution < 1.29 is 4.74 Å². The summed E-state index contributed by atoms with van der Waals surface area (Å²) in [7, 11) is 0. The van der Waals surface area contributed by atoms with E-state index in [1.165, 1.54) is 5.56 Å². The molecule has 0 spiro atoms. The highest BCUT2D eigenvalue weighted by atomic mass is 16.5. The predicted molar refractivity (Wildman–Crippen MR) is 68.7 cm³/mol. The number of aromatic nitrogens is 1. The summed E-state index contributed by atoms with van der Waals surface area (Å²) in [6.07, 6.45) is 7.91. The van der Waals surface area contributed by atoms with Crippen molar-refractivity contribution in [2.24, 2.45) is 5.92 Å². The Morgan fingerprint density at radius 2 is 2.35 bits per heavy atom. The average Bonchev–Trinajstić information content (AvgIpc) is 2.42. The molecule has 1 aromatic heterocycles. The van der Waals surface area contributed by atoms with Gasteiger partial charge in [-0.25, -0.2) is 0 Å². The van der Waals surface area contributed by atoms with Crippen molar-refractivity contribution in [2.75, 3.05) is 19.8 Å². The van der Waals surface area contributed by atoms with Gasteiger partial charge in [0, 0.05) is 38.2 Å². The van der Waals surface area contributed by atoms with Crippen LogP contribution in [0.25, 0.3) is 0 Å². The fourth-order valence-electron chi connectivity index (χ4n) is 2.38. The fraction of sp³-hybridized carbons (Fsp3) is 0.500. The minimum absolute atomic E-state index is 0.366. The first-order valence-corrected chi connectivity index (χ1v) is 6.23. The van der Waals surface area contributed by atoms with Crippen LogP contribution in [0, 0.1) is 5.92 Å². The van der Waals surface area contributed by atoms with Crippen molar-refractivity contribution in [3.63, 3.8) is 0 Å². The number of hydrogen-bond acceptors (Lipinski definition) is 3. The van der Waals surface area contributed by atoms with Gasteiger partial charge in [-0.1, -0.05) is 12.1 Å². The highest BCUT2D eigenvalue weighted by Gasteiger charge is 2.24. The van der Waals surface area contributed by atoms with Gasteiger partial charge >= 0.3 is 0 Å². The first kappa shape index (κ1) is 12.3. The third-order valence-electron chi connectivity index (χ3n) is 3.26. The minimum Gasteiger partial charge on any atom is -0.381 e. The number of rotatable bonds is 5. The Balaban J connectivity index is 2.09. The Morgan fingerprint density at radius 3 is 3.00 bits per heavy atom. The molecule has 1 aromatic rings. The summed E-state index contributed by atoms with van der Waals surface area (Å²) >= 11 is 0. The summed E-state index contributed by atoms with van der Waals surface area (Å²) in [5.74, 6) is 0.632. The Labute approximate surface area is 103 Å². The Bertz CT molecular complexity index is 333. The maximum absolute atomic E-state index is 5.43. The molecule has 1 aliphatic rings. The van der Waals surface area contributed by atoms with Gasteiger partial charge in [0.15, 0.2) is 0 Å². The van der Waals surface area contributed by atoms with E-state index in [0.717, 1.165) is 32.6 Å². The summed E-state index contributed by atoms with van der Waals surface area (Å²) < 4.78 is 5.43. The predicted octanol–water partition coefficient (Wildman–Crippen LogP) is 2.32. The molecule has 0 unspecified atom stereocenters. The lowest BCUT2D eigenvalue weighted by Gasteiger charge is -2.31. The number of nitrogens with zero attached hydrogens (tertiary/aromatic N) is 1. The maximum Gasteiger partial charge on any atom is 0.0469 e. The largest absolute Gasteiger partial charge is 0.381 e. The molecule has 1 aliphatic heterocycles. The smallest absolute Gasteiger partial charge is 0.0469 e. The van der Waals surface area contributed by atoms with Gasteiger partial charge in [0.1, 0.15) is 0 Å². The highest BCUT2D eigenvalue weighted by Crippen LogP contribution is 2.29. The molecule has 3 heteroatoms. The highest BCUT2D eigenvalue weighted by molar-refractivity contribution is 5.15. The first-order valence-electron chi connectivity index (χ1n) is 6.23. The third-order valence-corrected chi connectivity index (χ3v) is 3.26. The van der Waals surface area contributed by atoms with Crippen LogP contribution in [0.3, 0.4) is 0 Å². The van der Waals surface area contributed by atoms with Crippen LogP contribution in [0.15, 0.2) is 37.2 Å². The van der Waals surface area contributed by atoms with E-state index >= 15 is 0 Å². The lowest BCUT2D eigenvalue weighted by molar-refractivity contribution is 0.0540. The zero-order chi connectivity index (χ0) is 11.9. The molecule has 1 atom stereocenters. The molecule has 1 saturated heterocycles. The maximum atomic E-state index is 5.43. The topological polar surface area (TPSA) is 34.2 Å². The molecule has 0 radical (unpaired) electrons. The van der Waals surface area contributed by atoms with E-state index in [1.807, 2.05) is 24.5 Å². The summed E-state index contributed by atoms with van der Waals surface area (Å²) in [5, 5.41) is 3.54. The van der Waals surface area contributed by atoms with E-state index in [9.17, 15) is 0 Å². The van der Waals surface area contributed by atoms with Gasteiger partial charge in [-0.05, 0) is 30.4 Å². The van der Waals surface area contributed by atoms with Crippen LogP contribution in [0.4, 0.5) is 0 Å². The quantitative estimate of drug-likeness (QED) is 0.791. The monoisotopic (exact) mass is 232 g/mol. The molecule has 0 aromatic carbocycles. The zero-order valence-corrected chi connectivity index (χ0v) is 10.1. The lowest BCUT2D eigenvalue weighted by Crippen LogP contribution is -2.32. The molecular weight excluding hydrogens is 212 g/mol. The summed E-state index contributed by atoms with van der Waals surface area (Å²) in [5.41, 5.74) is 1.27. The van der Waals surface area contributed by atoms with Crippen molar-refractivity contribution in [2.45, 2.75) is 18.9 Å². The fourth-order valence-corrected chi connectivity index (χ4v) is 2.38. The van der Waals surface area contributed by atoms with Crippen LogP contribution in [-0.4, -0.2) is 24.7 Å². The van der Waals surface area contributed by atoms with Crippen LogP contribution in [0.5, 0.6) is 0 Å². The molecule has 1 N–H and O–H groups in total. The molecule has 2 heterocycles. The summed E-state index contributed by atoms with van der Waals surface area (Å²) in [6.45, 7) is 6.34. The number of pyridine rings is 1. The van der Waals surface area contributed by atoms with Gasteiger partial charge in [0.25, 0.3) is 0 Å². The van der Waals surface area contributed by atoms with Crippen LogP contribution < -0.4 is 5.32 Å². The van der Waals surface area contributed by atoms with Gasteiger partial charge < -0.3 is 10.1 Å². The van der Waals surface area contributed by atoms with Crippen molar-refractivity contribution in [1.82, 2.24) is 10.3 Å². The molecule has 2 rings (SSSR count). The van der Waals surface area contributed by atoms with E-state index < -0.39 is 0 Å². The molecule has 1 fully saturated rings. The SMILES string of the molecule is C=CCN[C@@H](c1cccnc1)C1CCOCC1. The standard InChI is InChI=1S/C14H20N2O/c1-2-7-16-14(12-5-9-17-10-6-12)13-4-3-8-15-11-13/h2-4,8,11-12,14,16H,1,5-7,9-10H2/t14-/m1/s1. The molecule has 0 amide bonds. The molecule has 3 nitrogen and oxygen atoms in total. The molecule has 0 saturated carbocycles. The minimum atomic E-state index is 0.366. The zero-order valence-electron chi connectivity index (χ0n) is 10.1. The number of hydrogen-bond donors (Lipinski definition) is 1. The van der Waals surface area contributed by atoms with Gasteiger partial charge in [0.2, 0.25) is 0 Å². The summed E-state index contributed by atoms with van der Waals surface area (Å²) in [6, 6.07) is 4.51. The van der Waals surface area contributed by atoms with E-state index in [-0.39, 0.29) is 0 Å². The van der Waals surface area contributed by atoms with Crippen molar-refractivity contribution in [3.05, 3.63) is 42.7 Å². The molecular formula is C14H20N2O. The molecule has 0 bridgehead atoms. The van der Waals surface area contributed by atoms with Gasteiger partial charge in [0.05, 0.1) is 0 Å². The normalized spacial score (nSPS) is 18.8. The second-order valence-corrected chi connectivity index (χ2v) is 4.41. The van der Waals surface area contributed by atoms with E-state index in [2.05, 4.69) is 22.9 Å². The molecule has 17 heavy (non-hydrogen) atoms. The molecule has 0 aliphatic carbocycles. The Kier molecular flexibility index (Phi) is 4.71. The van der Waals surface area contributed by atoms with Crippen molar-refractivity contribution in [1.29, 1.82) is 0 Å². The van der Waals surface area contributed by atoms with Gasteiger partial charge in [-0.15, -0.1) is 6.58 Å². The number of nitrogens with one attached hydrogen (secondary N) is 1. The molecule has 92 valence electrons.